The molecule has 0 heterocycles. The van der Waals surface area contributed by atoms with Gasteiger partial charge in [-0.1, -0.05) is 17.7 Å². The molecule has 0 fully saturated rings. The van der Waals surface area contributed by atoms with E-state index in [0.717, 1.165) is 12.3 Å². The average Bonchev–Trinajstić information content (AvgIpc) is 2.55. The Bertz CT molecular complexity index is 825. The third-order valence-electron chi connectivity index (χ3n) is 3.22. The third kappa shape index (κ3) is 6.81. The molecule has 0 aliphatic carbocycles. The molecular weight excluding hydrogens is 386 g/mol. The molecule has 1 rings (SSSR count). The van der Waals surface area contributed by atoms with E-state index in [4.69, 9.17) is 11.6 Å². The summed E-state index contributed by atoms with van der Waals surface area (Å²) in [6.07, 6.45) is 2.29. The van der Waals surface area contributed by atoms with Gasteiger partial charge in [-0.3, -0.25) is 19.7 Å². The average molecular weight is 404 g/mol. The summed E-state index contributed by atoms with van der Waals surface area (Å²) in [7, 11) is -3.36. The maximum atomic E-state index is 12.3. The van der Waals surface area contributed by atoms with Crippen LogP contribution in [-0.2, 0) is 14.6 Å². The number of benzene rings is 1. The van der Waals surface area contributed by atoms with Crippen molar-refractivity contribution in [3.63, 3.8) is 0 Å². The zero-order valence-corrected chi connectivity index (χ0v) is 15.5. The minimum Gasteiger partial charge on any atom is -0.351 e. The Morgan fingerprint density at radius 2 is 2.08 bits per heavy atom. The van der Waals surface area contributed by atoms with Gasteiger partial charge in [0.2, 0.25) is 5.91 Å². The van der Waals surface area contributed by atoms with Gasteiger partial charge in [0.05, 0.1) is 10.7 Å². The summed E-state index contributed by atoms with van der Waals surface area (Å²) in [5.41, 5.74) is -0.537. The first-order chi connectivity index (χ1) is 12.0. The summed E-state index contributed by atoms with van der Waals surface area (Å²) in [6.45, 7) is 3.58. The number of hydrogen-bond acceptors (Lipinski definition) is 6. The topological polar surface area (TPSA) is 135 Å². The lowest BCUT2D eigenvalue weighted by atomic mass is 10.1. The number of nitro groups is 1. The van der Waals surface area contributed by atoms with Crippen molar-refractivity contribution < 1.29 is 22.9 Å². The highest BCUT2D eigenvalue weighted by Gasteiger charge is 2.24. The molecule has 2 amide bonds. The zero-order chi connectivity index (χ0) is 19.9. The molecule has 0 unspecified atom stereocenters. The smallest absolute Gasteiger partial charge is 0.288 e. The Kier molecular flexibility index (Phi) is 7.72. The van der Waals surface area contributed by atoms with E-state index in [0.29, 0.717) is 0 Å². The lowest BCUT2D eigenvalue weighted by Crippen LogP contribution is -2.47. The van der Waals surface area contributed by atoms with E-state index in [1.54, 1.807) is 0 Å². The largest absolute Gasteiger partial charge is 0.351 e. The highest BCUT2D eigenvalue weighted by molar-refractivity contribution is 7.90. The van der Waals surface area contributed by atoms with Crippen LogP contribution in [0.1, 0.15) is 16.8 Å². The minimum atomic E-state index is -3.36. The summed E-state index contributed by atoms with van der Waals surface area (Å²) in [5, 5.41) is 15.6. The quantitative estimate of drug-likeness (QED) is 0.360. The molecule has 0 aromatic heterocycles. The number of hydrogen-bond donors (Lipinski definition) is 2. The van der Waals surface area contributed by atoms with E-state index in [1.807, 2.05) is 0 Å². The first-order valence-electron chi connectivity index (χ1n) is 7.36. The Balaban J connectivity index is 2.99. The third-order valence-corrected chi connectivity index (χ3v) is 4.52. The van der Waals surface area contributed by atoms with Crippen LogP contribution in [-0.4, -0.2) is 49.8 Å². The number of amides is 2. The standard InChI is InChI=1S/C15H18ClN3O6S/c1-3-7-17-15(21)12(6-8-26(2,24)25)18-14(20)10-4-5-11(16)13(9-10)19(22)23/h3-5,9,12H,1,6-8H2,2H3,(H,17,21)(H,18,20)/t12-/m0/s1. The Hall–Kier alpha value is -2.46. The number of nitrogens with one attached hydrogen (secondary N) is 2. The molecule has 0 saturated heterocycles. The van der Waals surface area contributed by atoms with Crippen LogP contribution >= 0.6 is 11.6 Å². The molecule has 11 heteroatoms. The van der Waals surface area contributed by atoms with Crippen molar-refractivity contribution in [2.24, 2.45) is 0 Å². The number of halogens is 1. The van der Waals surface area contributed by atoms with E-state index in [9.17, 15) is 28.1 Å². The van der Waals surface area contributed by atoms with Gasteiger partial charge in [0.1, 0.15) is 20.9 Å². The van der Waals surface area contributed by atoms with Gasteiger partial charge in [0, 0.05) is 24.4 Å². The van der Waals surface area contributed by atoms with Crippen molar-refractivity contribution in [2.45, 2.75) is 12.5 Å². The van der Waals surface area contributed by atoms with Crippen LogP contribution < -0.4 is 10.6 Å². The molecule has 0 aliphatic heterocycles. The van der Waals surface area contributed by atoms with Crippen LogP contribution in [0, 0.1) is 10.1 Å². The van der Waals surface area contributed by atoms with Crippen LogP contribution in [0.15, 0.2) is 30.9 Å². The van der Waals surface area contributed by atoms with Gasteiger partial charge >= 0.3 is 0 Å². The Morgan fingerprint density at radius 1 is 1.42 bits per heavy atom. The summed E-state index contributed by atoms with van der Waals surface area (Å²) in [4.78, 5) is 34.6. The second-order valence-electron chi connectivity index (χ2n) is 5.40. The van der Waals surface area contributed by atoms with E-state index in [2.05, 4.69) is 17.2 Å². The molecule has 2 N–H and O–H groups in total. The number of sulfone groups is 1. The molecule has 142 valence electrons. The van der Waals surface area contributed by atoms with Gasteiger partial charge in [-0.05, 0) is 18.6 Å². The normalized spacial score (nSPS) is 12.1. The highest BCUT2D eigenvalue weighted by atomic mass is 35.5. The van der Waals surface area contributed by atoms with Crippen LogP contribution in [0.3, 0.4) is 0 Å². The first-order valence-corrected chi connectivity index (χ1v) is 9.80. The summed E-state index contributed by atoms with van der Waals surface area (Å²) < 4.78 is 22.7. The van der Waals surface area contributed by atoms with Crippen LogP contribution in [0.4, 0.5) is 5.69 Å². The zero-order valence-electron chi connectivity index (χ0n) is 13.9. The second kappa shape index (κ2) is 9.30. The summed E-state index contributed by atoms with van der Waals surface area (Å²) >= 11 is 5.70. The lowest BCUT2D eigenvalue weighted by molar-refractivity contribution is -0.384. The molecule has 1 aromatic carbocycles. The molecule has 1 atom stereocenters. The van der Waals surface area contributed by atoms with Gasteiger partial charge in [0.25, 0.3) is 11.6 Å². The minimum absolute atomic E-state index is 0.0815. The van der Waals surface area contributed by atoms with Crippen molar-refractivity contribution in [1.82, 2.24) is 10.6 Å². The fraction of sp³-hybridized carbons (Fsp3) is 0.333. The Labute approximate surface area is 155 Å². The van der Waals surface area contributed by atoms with Gasteiger partial charge in [-0.15, -0.1) is 6.58 Å². The number of rotatable bonds is 9. The molecule has 0 aliphatic rings. The van der Waals surface area contributed by atoms with Crippen LogP contribution in [0.25, 0.3) is 0 Å². The molecule has 0 radical (unpaired) electrons. The number of nitrogens with zero attached hydrogens (tertiary/aromatic N) is 1. The SMILES string of the molecule is C=CCNC(=O)[C@H](CCS(C)(=O)=O)NC(=O)c1ccc(Cl)c([N+](=O)[O-])c1. The lowest BCUT2D eigenvalue weighted by Gasteiger charge is -2.18. The van der Waals surface area contributed by atoms with Gasteiger partial charge in [-0.25, -0.2) is 8.42 Å². The maximum absolute atomic E-state index is 12.3. The summed E-state index contributed by atoms with van der Waals surface area (Å²) in [5.74, 6) is -1.68. The molecule has 0 saturated carbocycles. The van der Waals surface area contributed by atoms with E-state index in [1.165, 1.54) is 18.2 Å². The predicted molar refractivity (Wildman–Crippen MR) is 96.9 cm³/mol. The second-order valence-corrected chi connectivity index (χ2v) is 8.07. The van der Waals surface area contributed by atoms with Crippen molar-refractivity contribution in [2.75, 3.05) is 18.6 Å². The highest BCUT2D eigenvalue weighted by Crippen LogP contribution is 2.25. The van der Waals surface area contributed by atoms with E-state index >= 15 is 0 Å². The summed E-state index contributed by atoms with van der Waals surface area (Å²) in [6, 6.07) is 2.30. The molecule has 0 spiro atoms. The number of carbonyl (C=O) groups excluding carboxylic acids is 2. The van der Waals surface area contributed by atoms with E-state index in [-0.39, 0.29) is 29.3 Å². The van der Waals surface area contributed by atoms with Crippen molar-refractivity contribution in [3.05, 3.63) is 51.6 Å². The molecule has 26 heavy (non-hydrogen) atoms. The molecule has 0 bridgehead atoms. The molecular formula is C15H18ClN3O6S. The van der Waals surface area contributed by atoms with Gasteiger partial charge in [0.15, 0.2) is 0 Å². The van der Waals surface area contributed by atoms with Gasteiger partial charge < -0.3 is 10.6 Å². The predicted octanol–water partition coefficient (Wildman–Crippen LogP) is 1.08. The van der Waals surface area contributed by atoms with Crippen molar-refractivity contribution >= 4 is 38.9 Å². The number of nitro benzene ring substituents is 1. The maximum Gasteiger partial charge on any atom is 0.288 e. The fourth-order valence-corrected chi connectivity index (χ4v) is 2.78. The van der Waals surface area contributed by atoms with Crippen molar-refractivity contribution in [1.29, 1.82) is 0 Å². The van der Waals surface area contributed by atoms with Crippen LogP contribution in [0.2, 0.25) is 5.02 Å². The molecule has 1 aromatic rings. The van der Waals surface area contributed by atoms with Crippen molar-refractivity contribution in [3.8, 4) is 0 Å². The van der Waals surface area contributed by atoms with Crippen LogP contribution in [0.5, 0.6) is 0 Å². The van der Waals surface area contributed by atoms with Gasteiger partial charge in [-0.2, -0.15) is 0 Å². The van der Waals surface area contributed by atoms with E-state index < -0.39 is 38.3 Å². The fourth-order valence-electron chi connectivity index (χ4n) is 1.93. The monoisotopic (exact) mass is 403 g/mol. The Morgan fingerprint density at radius 3 is 2.62 bits per heavy atom. The number of carbonyl (C=O) groups is 2. The first kappa shape index (κ1) is 21.6. The molecule has 9 nitrogen and oxygen atoms in total.